The van der Waals surface area contributed by atoms with Crippen molar-refractivity contribution in [1.29, 1.82) is 0 Å². The van der Waals surface area contributed by atoms with E-state index >= 15 is 0 Å². The highest BCUT2D eigenvalue weighted by molar-refractivity contribution is 6.30. The first-order valence-corrected chi connectivity index (χ1v) is 11.2. The lowest BCUT2D eigenvalue weighted by Crippen LogP contribution is -2.30. The van der Waals surface area contributed by atoms with Gasteiger partial charge in [0.2, 0.25) is 0 Å². The maximum atomic E-state index is 6.07. The number of benzene rings is 2. The fourth-order valence-electron chi connectivity index (χ4n) is 3.99. The standard InChI is InChI=1S/C24H29ClN4/c25-22-14-12-21(13-15-22)24-23(20-10-4-1-5-11-20)26-29(27-24)19-9-3-8-18-28-16-6-2-7-17-28/h1,4-5,10-15H,2-3,6-9,16-19H2. The monoisotopic (exact) mass is 408 g/mol. The number of unbranched alkanes of at least 4 members (excludes halogenated alkanes) is 2. The van der Waals surface area contributed by atoms with Crippen molar-refractivity contribution in [2.45, 2.75) is 45.1 Å². The van der Waals surface area contributed by atoms with E-state index in [2.05, 4.69) is 17.0 Å². The summed E-state index contributed by atoms with van der Waals surface area (Å²) in [6.07, 6.45) is 7.73. The molecule has 29 heavy (non-hydrogen) atoms. The number of aromatic nitrogens is 3. The lowest BCUT2D eigenvalue weighted by molar-refractivity contribution is 0.223. The molecule has 0 radical (unpaired) electrons. The zero-order valence-corrected chi connectivity index (χ0v) is 17.7. The third kappa shape index (κ3) is 5.46. The van der Waals surface area contributed by atoms with Gasteiger partial charge in [0, 0.05) is 16.1 Å². The van der Waals surface area contributed by atoms with E-state index in [1.165, 1.54) is 51.7 Å². The van der Waals surface area contributed by atoms with Gasteiger partial charge in [-0.3, -0.25) is 0 Å². The second-order valence-corrected chi connectivity index (χ2v) is 8.27. The van der Waals surface area contributed by atoms with Crippen molar-refractivity contribution in [2.75, 3.05) is 19.6 Å². The predicted molar refractivity (Wildman–Crippen MR) is 120 cm³/mol. The van der Waals surface area contributed by atoms with Crippen molar-refractivity contribution in [1.82, 2.24) is 19.9 Å². The summed E-state index contributed by atoms with van der Waals surface area (Å²) in [4.78, 5) is 4.48. The van der Waals surface area contributed by atoms with Crippen molar-refractivity contribution in [3.8, 4) is 22.5 Å². The van der Waals surface area contributed by atoms with E-state index in [4.69, 9.17) is 21.8 Å². The number of piperidine rings is 1. The summed E-state index contributed by atoms with van der Waals surface area (Å²) in [6.45, 7) is 4.66. The third-order valence-electron chi connectivity index (χ3n) is 5.60. The van der Waals surface area contributed by atoms with Crippen LogP contribution in [0.3, 0.4) is 0 Å². The SMILES string of the molecule is Clc1ccc(-c2nn(CCCCCN3CCCCC3)nc2-c2ccccc2)cc1. The van der Waals surface area contributed by atoms with Crippen LogP contribution in [0.2, 0.25) is 5.02 Å². The van der Waals surface area contributed by atoms with Crippen LogP contribution in [0.5, 0.6) is 0 Å². The van der Waals surface area contributed by atoms with Crippen LogP contribution < -0.4 is 0 Å². The molecular formula is C24H29ClN4. The summed E-state index contributed by atoms with van der Waals surface area (Å²) in [7, 11) is 0. The van der Waals surface area contributed by atoms with Crippen LogP contribution in [0.4, 0.5) is 0 Å². The molecule has 5 heteroatoms. The first-order chi connectivity index (χ1) is 14.3. The Morgan fingerprint density at radius 1 is 0.690 bits per heavy atom. The van der Waals surface area contributed by atoms with E-state index in [1.54, 1.807) is 0 Å². The predicted octanol–water partition coefficient (Wildman–Crippen LogP) is 5.92. The van der Waals surface area contributed by atoms with Crippen LogP contribution >= 0.6 is 11.6 Å². The Balaban J connectivity index is 1.41. The fourth-order valence-corrected chi connectivity index (χ4v) is 4.12. The molecule has 0 atom stereocenters. The molecule has 3 aromatic rings. The molecule has 1 fully saturated rings. The Morgan fingerprint density at radius 3 is 2.00 bits per heavy atom. The largest absolute Gasteiger partial charge is 0.303 e. The number of aryl methyl sites for hydroxylation is 1. The lowest BCUT2D eigenvalue weighted by atomic mass is 10.1. The maximum absolute atomic E-state index is 6.07. The van der Waals surface area contributed by atoms with E-state index in [-0.39, 0.29) is 0 Å². The first-order valence-electron chi connectivity index (χ1n) is 10.8. The minimum absolute atomic E-state index is 0.733. The summed E-state index contributed by atoms with van der Waals surface area (Å²) in [5.41, 5.74) is 3.99. The number of likely N-dealkylation sites (tertiary alicyclic amines) is 1. The quantitative estimate of drug-likeness (QED) is 0.433. The third-order valence-corrected chi connectivity index (χ3v) is 5.85. The van der Waals surface area contributed by atoms with E-state index in [1.807, 2.05) is 47.3 Å². The molecule has 1 aliphatic rings. The highest BCUT2D eigenvalue weighted by Gasteiger charge is 2.15. The Labute approximate surface area is 178 Å². The Hall–Kier alpha value is -2.17. The average molecular weight is 409 g/mol. The second-order valence-electron chi connectivity index (χ2n) is 7.83. The zero-order valence-electron chi connectivity index (χ0n) is 16.9. The van der Waals surface area contributed by atoms with Gasteiger partial charge in [0.25, 0.3) is 0 Å². The molecular weight excluding hydrogens is 380 g/mol. The van der Waals surface area contributed by atoms with Crippen LogP contribution in [0.1, 0.15) is 38.5 Å². The number of hydrogen-bond donors (Lipinski definition) is 0. The minimum atomic E-state index is 0.733. The normalized spacial score (nSPS) is 14.9. The van der Waals surface area contributed by atoms with Crippen molar-refractivity contribution in [3.63, 3.8) is 0 Å². The average Bonchev–Trinajstić information content (AvgIpc) is 3.20. The molecule has 1 aromatic heterocycles. The van der Waals surface area contributed by atoms with Gasteiger partial charge in [-0.25, -0.2) is 0 Å². The van der Waals surface area contributed by atoms with E-state index in [9.17, 15) is 0 Å². The van der Waals surface area contributed by atoms with Gasteiger partial charge in [0.1, 0.15) is 11.4 Å². The molecule has 0 bridgehead atoms. The van der Waals surface area contributed by atoms with E-state index in [0.29, 0.717) is 0 Å². The highest BCUT2D eigenvalue weighted by atomic mass is 35.5. The smallest absolute Gasteiger partial charge is 0.121 e. The summed E-state index contributed by atoms with van der Waals surface area (Å²) in [5, 5.41) is 10.4. The molecule has 0 N–H and O–H groups in total. The lowest BCUT2D eigenvalue weighted by Gasteiger charge is -2.26. The van der Waals surface area contributed by atoms with Gasteiger partial charge in [-0.2, -0.15) is 15.0 Å². The van der Waals surface area contributed by atoms with Gasteiger partial charge in [0.15, 0.2) is 0 Å². The number of halogens is 1. The molecule has 1 saturated heterocycles. The molecule has 0 unspecified atom stereocenters. The minimum Gasteiger partial charge on any atom is -0.303 e. The van der Waals surface area contributed by atoms with Crippen molar-refractivity contribution < 1.29 is 0 Å². The number of hydrogen-bond acceptors (Lipinski definition) is 3. The van der Waals surface area contributed by atoms with Crippen LogP contribution in [0, 0.1) is 0 Å². The van der Waals surface area contributed by atoms with Gasteiger partial charge < -0.3 is 4.90 Å². The molecule has 0 saturated carbocycles. The highest BCUT2D eigenvalue weighted by Crippen LogP contribution is 2.29. The van der Waals surface area contributed by atoms with Crippen LogP contribution in [0.15, 0.2) is 54.6 Å². The molecule has 0 spiro atoms. The van der Waals surface area contributed by atoms with Gasteiger partial charge in [-0.05, 0) is 57.5 Å². The molecule has 2 aromatic carbocycles. The molecule has 1 aliphatic heterocycles. The van der Waals surface area contributed by atoms with Crippen LogP contribution in [-0.4, -0.2) is 39.5 Å². The topological polar surface area (TPSA) is 34.0 Å². The van der Waals surface area contributed by atoms with Crippen LogP contribution in [-0.2, 0) is 6.54 Å². The summed E-state index contributed by atoms with van der Waals surface area (Å²) in [6, 6.07) is 18.1. The van der Waals surface area contributed by atoms with Gasteiger partial charge >= 0.3 is 0 Å². The van der Waals surface area contributed by atoms with Crippen LogP contribution in [0.25, 0.3) is 22.5 Å². The van der Waals surface area contributed by atoms with Gasteiger partial charge in [0.05, 0.1) is 6.54 Å². The zero-order chi connectivity index (χ0) is 19.9. The molecule has 4 nitrogen and oxygen atoms in total. The first kappa shape index (κ1) is 20.1. The number of rotatable bonds is 8. The van der Waals surface area contributed by atoms with Crippen molar-refractivity contribution in [3.05, 3.63) is 59.6 Å². The Kier molecular flexibility index (Phi) is 6.96. The second kappa shape index (κ2) is 10.0. The maximum Gasteiger partial charge on any atom is 0.121 e. The molecule has 0 aliphatic carbocycles. The van der Waals surface area contributed by atoms with Crippen molar-refractivity contribution in [2.24, 2.45) is 0 Å². The molecule has 0 amide bonds. The summed E-state index contributed by atoms with van der Waals surface area (Å²) in [5.74, 6) is 0. The summed E-state index contributed by atoms with van der Waals surface area (Å²) < 4.78 is 0. The Morgan fingerprint density at radius 2 is 1.31 bits per heavy atom. The van der Waals surface area contributed by atoms with E-state index < -0.39 is 0 Å². The molecule has 2 heterocycles. The van der Waals surface area contributed by atoms with E-state index in [0.717, 1.165) is 40.5 Å². The Bertz CT molecular complexity index is 883. The number of nitrogens with zero attached hydrogens (tertiary/aromatic N) is 4. The molecule has 152 valence electrons. The molecule has 4 rings (SSSR count). The van der Waals surface area contributed by atoms with Crippen molar-refractivity contribution >= 4 is 11.6 Å². The van der Waals surface area contributed by atoms with Gasteiger partial charge in [-0.1, -0.05) is 66.9 Å². The fraction of sp³-hybridized carbons (Fsp3) is 0.417. The van der Waals surface area contributed by atoms with Gasteiger partial charge in [-0.15, -0.1) is 0 Å². The summed E-state index contributed by atoms with van der Waals surface area (Å²) >= 11 is 6.07.